The molecule has 5 heteroatoms. The predicted molar refractivity (Wildman–Crippen MR) is 249 cm³/mol. The zero-order valence-corrected chi connectivity index (χ0v) is 30.2. The molecule has 3 nitrogen and oxygen atoms in total. The Morgan fingerprint density at radius 1 is 0.458 bits per heavy atom. The van der Waals surface area contributed by atoms with E-state index in [-0.39, 0.29) is 59.5 Å². The first-order chi connectivity index (χ1) is 41.8. The van der Waals surface area contributed by atoms with Gasteiger partial charge in [-0.25, -0.2) is 0 Å². The maximum absolute atomic E-state index is 10.1. The van der Waals surface area contributed by atoms with E-state index < -0.39 is 254 Å². The van der Waals surface area contributed by atoms with Crippen LogP contribution in [0.15, 0.2) is 192 Å². The van der Waals surface area contributed by atoms with Crippen molar-refractivity contribution in [3.8, 4) is 50.6 Å². The van der Waals surface area contributed by atoms with Crippen molar-refractivity contribution < 1.29 is 45.9 Å². The van der Waals surface area contributed by atoms with E-state index in [1.165, 1.54) is 0 Å². The highest BCUT2D eigenvalue weighted by Crippen LogP contribution is 2.47. The number of hydrogen-bond donors (Lipinski definition) is 0. The molecule has 0 saturated carbocycles. The second-order valence-corrected chi connectivity index (χ2v) is 14.8. The van der Waals surface area contributed by atoms with Gasteiger partial charge in [0.05, 0.1) is 68.7 Å². The van der Waals surface area contributed by atoms with Gasteiger partial charge in [0.25, 0.3) is 5.99 Å². The van der Waals surface area contributed by atoms with Gasteiger partial charge >= 0.3 is 0 Å². The van der Waals surface area contributed by atoms with Crippen LogP contribution >= 0.6 is 11.6 Å². The van der Waals surface area contributed by atoms with Crippen molar-refractivity contribution in [3.63, 3.8) is 0 Å². The Hall–Kier alpha value is -7.21. The molecule has 0 radical (unpaired) electrons. The average molecular weight is 797 g/mol. The van der Waals surface area contributed by atoms with E-state index in [1.807, 2.05) is 0 Å². The lowest BCUT2D eigenvalue weighted by Crippen LogP contribution is -2.46. The van der Waals surface area contributed by atoms with E-state index in [1.54, 1.807) is 0 Å². The summed E-state index contributed by atoms with van der Waals surface area (Å²) >= 11 is 0.728. The van der Waals surface area contributed by atoms with Crippen molar-refractivity contribution in [1.82, 2.24) is 8.97 Å². The summed E-state index contributed by atoms with van der Waals surface area (Å²) in [4.78, 5) is -0.229. The standard InChI is InChI=1S/C54H31BN2OS/c1-6-19-46-37(14-1)38-15-2-7-20-47(38)56(46)36-13-11-12-32(26-36)35-27-42-41-18-5-10-23-52(41)59-55-45-25-24-33(30-50(45)58-51(31-35)53(42)55)34-28-43-39-16-3-8-21-48(39)57-49-22-9-4-17-40(49)44(29-34)54(43)57/h1-31H/i1D,2D,3D,4D,5D,6D,7D,8D,9D,10D,11D,12D,13D,14D,15D,16D,17D,18D,19D,20D,21D,22D,23D,24D,25D,26D,27D,28D,29D,31D. The van der Waals surface area contributed by atoms with Crippen LogP contribution < -0.4 is 15.7 Å². The Balaban J connectivity index is 1.10. The van der Waals surface area contributed by atoms with E-state index in [9.17, 15) is 16.4 Å². The number of fused-ring (bicyclic) bond motifs is 13. The van der Waals surface area contributed by atoms with Gasteiger partial charge < -0.3 is 13.7 Å². The van der Waals surface area contributed by atoms with Gasteiger partial charge in [0.15, 0.2) is 0 Å². The Labute approximate surface area is 386 Å². The number of aromatic nitrogens is 2. The minimum atomic E-state index is -1.43. The molecule has 0 N–H and O–H groups in total. The molecule has 59 heavy (non-hydrogen) atoms. The predicted octanol–water partition coefficient (Wildman–Crippen LogP) is 13.3. The molecular weight excluding hydrogens is 735 g/mol. The van der Waals surface area contributed by atoms with Crippen LogP contribution in [0.5, 0.6) is 11.5 Å². The molecule has 2 aliphatic heterocycles. The number of benzene rings is 9. The van der Waals surface area contributed by atoms with Crippen LogP contribution in [0.1, 0.15) is 41.1 Å². The fourth-order valence-corrected chi connectivity index (χ4v) is 9.44. The minimum absolute atomic E-state index is 0.146. The van der Waals surface area contributed by atoms with Crippen LogP contribution in [0.2, 0.25) is 0 Å². The first-order valence-electron chi connectivity index (χ1n) is 32.8. The largest absolute Gasteiger partial charge is 0.458 e. The molecule has 0 saturated heterocycles. The Morgan fingerprint density at radius 2 is 1.07 bits per heavy atom. The average Bonchev–Trinajstić information content (AvgIpc) is 1.68. The SMILES string of the molecule is [2H]c1c(-c2c([2H])c3c4c([2H])c([2H])c([2H])c([2H])c4n4c5c([2H])c([2H])c([2H])c([2H])c5c(c2[2H])c34)cc2c(c1[2H])B1Sc3c([2H])c([2H])c([2H])c([2H])c3-c3c([2H])c(-c4c([2H])c([2H])c([2H])c(-n5c6c([2H])c([2H])c([2H])c([2H])c6c6c([2H])c([2H])c([2H])c([2H])c65)c4[2H])c([2H])c(c31)O2. The van der Waals surface area contributed by atoms with Crippen LogP contribution in [0, 0.1) is 0 Å². The Morgan fingerprint density at radius 3 is 1.78 bits per heavy atom. The fourth-order valence-electron chi connectivity index (χ4n) is 8.19. The third-order valence-corrected chi connectivity index (χ3v) is 11.9. The van der Waals surface area contributed by atoms with E-state index in [2.05, 4.69) is 0 Å². The summed E-state index contributed by atoms with van der Waals surface area (Å²) in [7, 11) is 0. The van der Waals surface area contributed by atoms with Gasteiger partial charge in [0.1, 0.15) is 11.5 Å². The van der Waals surface area contributed by atoms with Crippen molar-refractivity contribution in [2.24, 2.45) is 0 Å². The minimum Gasteiger partial charge on any atom is -0.458 e. The van der Waals surface area contributed by atoms with Crippen LogP contribution in [-0.4, -0.2) is 15.0 Å². The van der Waals surface area contributed by atoms with Gasteiger partial charge in [-0.2, -0.15) is 11.6 Å². The molecule has 5 heterocycles. The summed E-state index contributed by atoms with van der Waals surface area (Å²) in [5.74, 6) is -2.40. The maximum Gasteiger partial charge on any atom is 0.289 e. The molecule has 0 spiro atoms. The van der Waals surface area contributed by atoms with Gasteiger partial charge in [-0.1, -0.05) is 115 Å². The summed E-state index contributed by atoms with van der Waals surface area (Å²) in [6.07, 6.45) is 0. The van der Waals surface area contributed by atoms with Crippen molar-refractivity contribution in [1.29, 1.82) is 0 Å². The Kier molecular flexibility index (Phi) is 2.95. The molecule has 12 aromatic rings. The topological polar surface area (TPSA) is 18.6 Å². The first-order valence-corrected chi connectivity index (χ1v) is 18.7. The second kappa shape index (κ2) is 11.7. The van der Waals surface area contributed by atoms with Crippen LogP contribution in [0.4, 0.5) is 0 Å². The summed E-state index contributed by atoms with van der Waals surface area (Å²) in [6.45, 7) is 0. The zero-order valence-electron chi connectivity index (χ0n) is 59.4. The zero-order chi connectivity index (χ0) is 64.5. The highest BCUT2D eigenvalue weighted by atomic mass is 32.2. The van der Waals surface area contributed by atoms with Crippen LogP contribution in [-0.2, 0) is 0 Å². The number of nitrogens with zero attached hydrogens (tertiary/aromatic N) is 2. The summed E-state index contributed by atoms with van der Waals surface area (Å²) < 4.78 is 284. The van der Waals surface area contributed by atoms with E-state index in [0.717, 1.165) is 26.6 Å². The van der Waals surface area contributed by atoms with Gasteiger partial charge in [-0.15, -0.1) is 0 Å². The third kappa shape index (κ3) is 4.35. The molecule has 0 unspecified atom stereocenters. The smallest absolute Gasteiger partial charge is 0.289 e. The maximum atomic E-state index is 10.1. The summed E-state index contributed by atoms with van der Waals surface area (Å²) in [6, 6.07) is -22.4. The monoisotopic (exact) mass is 796 g/mol. The first kappa shape index (κ1) is 14.9. The molecule has 0 aliphatic carbocycles. The number of hydrogen-bond acceptors (Lipinski definition) is 2. The molecule has 0 atom stereocenters. The highest BCUT2D eigenvalue weighted by Gasteiger charge is 2.39. The lowest BCUT2D eigenvalue weighted by molar-refractivity contribution is 0.488. The van der Waals surface area contributed by atoms with Crippen molar-refractivity contribution >= 4 is 88.4 Å². The normalized spacial score (nSPS) is 20.2. The van der Waals surface area contributed by atoms with Crippen molar-refractivity contribution in [2.45, 2.75) is 4.90 Å². The number of para-hydroxylation sites is 4. The van der Waals surface area contributed by atoms with Crippen LogP contribution in [0.3, 0.4) is 0 Å². The lowest BCUT2D eigenvalue weighted by Gasteiger charge is -2.33. The van der Waals surface area contributed by atoms with Crippen molar-refractivity contribution in [2.75, 3.05) is 0 Å². The molecular formula is C54H31BN2OS. The van der Waals surface area contributed by atoms with E-state index >= 15 is 0 Å². The van der Waals surface area contributed by atoms with Crippen LogP contribution in [0.25, 0.3) is 99.0 Å². The molecule has 9 aromatic carbocycles. The summed E-state index contributed by atoms with van der Waals surface area (Å²) in [5, 5.41) is -2.03. The van der Waals surface area contributed by atoms with Crippen molar-refractivity contribution in [3.05, 3.63) is 187 Å². The Bertz CT molecular complexity index is 5340. The fraction of sp³-hybridized carbons (Fsp3) is 0. The molecule has 0 fully saturated rings. The third-order valence-electron chi connectivity index (χ3n) is 10.6. The number of ether oxygens (including phenoxy) is 1. The second-order valence-electron chi connectivity index (χ2n) is 13.6. The summed E-state index contributed by atoms with van der Waals surface area (Å²) in [5.41, 5.74) is -6.35. The quantitative estimate of drug-likeness (QED) is 0.166. The lowest BCUT2D eigenvalue weighted by atomic mass is 9.57. The van der Waals surface area contributed by atoms with Gasteiger partial charge in [-0.3, -0.25) is 0 Å². The molecule has 14 rings (SSSR count). The van der Waals surface area contributed by atoms with Gasteiger partial charge in [-0.05, 0) is 117 Å². The molecule has 0 bridgehead atoms. The molecule has 272 valence electrons. The highest BCUT2D eigenvalue weighted by molar-refractivity contribution is 8.28. The van der Waals surface area contributed by atoms with Gasteiger partial charge in [0, 0.05) is 42.9 Å². The van der Waals surface area contributed by atoms with E-state index in [0.29, 0.717) is 0 Å². The molecule has 2 aliphatic rings. The van der Waals surface area contributed by atoms with Gasteiger partial charge in [0.2, 0.25) is 0 Å². The number of rotatable bonds is 3. The molecule has 0 amide bonds. The van der Waals surface area contributed by atoms with E-state index in [4.69, 9.17) is 29.4 Å². The molecule has 3 aromatic heterocycles.